The lowest BCUT2D eigenvalue weighted by molar-refractivity contribution is -0.164. The summed E-state index contributed by atoms with van der Waals surface area (Å²) in [7, 11) is 1.64. The maximum absolute atomic E-state index is 12.4. The Balaban J connectivity index is 2.25. The number of carbonyl (C=O) groups excluding carboxylic acids is 2. The van der Waals surface area contributed by atoms with Crippen LogP contribution in [-0.4, -0.2) is 59.3 Å². The molecule has 0 saturated carbocycles. The minimum absolute atomic E-state index is 0.0546. The molecule has 8 nitrogen and oxygen atoms in total. The van der Waals surface area contributed by atoms with Crippen LogP contribution in [0.4, 0.5) is 0 Å². The van der Waals surface area contributed by atoms with E-state index in [9.17, 15) is 19.8 Å². The molecule has 32 heavy (non-hydrogen) atoms. The second kappa shape index (κ2) is 12.1. The van der Waals surface area contributed by atoms with Crippen LogP contribution in [0.25, 0.3) is 0 Å². The van der Waals surface area contributed by atoms with Gasteiger partial charge in [0, 0.05) is 24.3 Å². The highest BCUT2D eigenvalue weighted by atomic mass is 16.5. The van der Waals surface area contributed by atoms with E-state index in [2.05, 4.69) is 10.5 Å². The van der Waals surface area contributed by atoms with E-state index >= 15 is 0 Å². The van der Waals surface area contributed by atoms with Gasteiger partial charge in [0.25, 0.3) is 5.91 Å². The van der Waals surface area contributed by atoms with Crippen LogP contribution in [0.5, 0.6) is 0 Å². The first-order valence-corrected chi connectivity index (χ1v) is 11.2. The summed E-state index contributed by atoms with van der Waals surface area (Å²) in [4.78, 5) is 24.7. The molecular weight excluding hydrogens is 412 g/mol. The Hall–Kier alpha value is -2.29. The van der Waals surface area contributed by atoms with Gasteiger partial charge in [-0.05, 0) is 44.7 Å². The van der Waals surface area contributed by atoms with Gasteiger partial charge in [-0.15, -0.1) is 0 Å². The van der Waals surface area contributed by atoms with Crippen LogP contribution in [0, 0.1) is 11.8 Å². The third-order valence-electron chi connectivity index (χ3n) is 6.10. The number of ether oxygens (including phenoxy) is 2. The number of hydrogen-bond donors (Lipinski definition) is 3. The van der Waals surface area contributed by atoms with E-state index in [0.717, 1.165) is 12.8 Å². The molecule has 178 valence electrons. The van der Waals surface area contributed by atoms with E-state index in [-0.39, 0.29) is 24.5 Å². The third kappa shape index (κ3) is 7.39. The lowest BCUT2D eigenvalue weighted by Crippen LogP contribution is -2.50. The highest BCUT2D eigenvalue weighted by molar-refractivity contribution is 5.95. The monoisotopic (exact) mass is 448 g/mol. The summed E-state index contributed by atoms with van der Waals surface area (Å²) in [5.74, 6) is -1.67. The summed E-state index contributed by atoms with van der Waals surface area (Å²) < 4.78 is 10.9. The summed E-state index contributed by atoms with van der Waals surface area (Å²) >= 11 is 0. The van der Waals surface area contributed by atoms with E-state index in [4.69, 9.17) is 9.47 Å². The summed E-state index contributed by atoms with van der Waals surface area (Å²) in [5, 5.41) is 26.0. The van der Waals surface area contributed by atoms with Gasteiger partial charge in [0.05, 0.1) is 18.1 Å². The van der Waals surface area contributed by atoms with Gasteiger partial charge in [-0.3, -0.25) is 9.59 Å². The highest BCUT2D eigenvalue weighted by Gasteiger charge is 2.38. The standard InChI is InChI=1S/C24H36N2O6/c1-16-9-8-12-19(31-4)13-14-20(25-26-22(28)18-10-6-5-7-11-18)17(2)21(27)24(3,30)15-32-23(16)29/h5-7,10-11,16-17,19,21,27,30H,8-9,12-15H2,1-4H3,(H,26,28)/b25-20+. The fourth-order valence-electron chi connectivity index (χ4n) is 3.79. The lowest BCUT2D eigenvalue weighted by Gasteiger charge is -2.34. The van der Waals surface area contributed by atoms with E-state index in [1.165, 1.54) is 6.92 Å². The number of hydrazone groups is 1. The maximum Gasteiger partial charge on any atom is 0.308 e. The van der Waals surface area contributed by atoms with Crippen molar-refractivity contribution in [2.75, 3.05) is 13.7 Å². The van der Waals surface area contributed by atoms with E-state index in [1.54, 1.807) is 45.2 Å². The topological polar surface area (TPSA) is 117 Å². The van der Waals surface area contributed by atoms with Crippen LogP contribution >= 0.6 is 0 Å². The SMILES string of the molecule is COC1CCCC(C)C(=O)OCC(C)(O)C(O)C(C)/C(=N/NC(=O)c2ccccc2)CC1. The number of carbonyl (C=O) groups is 2. The number of aliphatic hydroxyl groups excluding tert-OH is 1. The molecule has 0 radical (unpaired) electrons. The molecule has 1 aromatic carbocycles. The Morgan fingerprint density at radius 1 is 1.22 bits per heavy atom. The van der Waals surface area contributed by atoms with Gasteiger partial charge in [-0.25, -0.2) is 5.43 Å². The average molecular weight is 449 g/mol. The number of aliphatic hydroxyl groups is 2. The molecule has 2 rings (SSSR count). The van der Waals surface area contributed by atoms with Gasteiger partial charge in [0.1, 0.15) is 12.2 Å². The minimum Gasteiger partial charge on any atom is -0.462 e. The Morgan fingerprint density at radius 3 is 2.56 bits per heavy atom. The number of amides is 1. The summed E-state index contributed by atoms with van der Waals surface area (Å²) in [6.07, 6.45) is 2.00. The Bertz CT molecular complexity index is 780. The Morgan fingerprint density at radius 2 is 1.91 bits per heavy atom. The maximum atomic E-state index is 12.4. The number of nitrogens with zero attached hydrogens (tertiary/aromatic N) is 1. The van der Waals surface area contributed by atoms with Gasteiger partial charge in [-0.1, -0.05) is 38.5 Å². The predicted octanol–water partition coefficient (Wildman–Crippen LogP) is 2.68. The van der Waals surface area contributed by atoms with Crippen molar-refractivity contribution in [2.45, 2.75) is 70.7 Å². The van der Waals surface area contributed by atoms with Crippen LogP contribution in [0.1, 0.15) is 63.2 Å². The predicted molar refractivity (Wildman–Crippen MR) is 121 cm³/mol. The van der Waals surface area contributed by atoms with Crippen molar-refractivity contribution in [3.63, 3.8) is 0 Å². The zero-order valence-electron chi connectivity index (χ0n) is 19.4. The van der Waals surface area contributed by atoms with E-state index in [1.807, 2.05) is 6.07 Å². The molecule has 1 aromatic rings. The molecule has 8 heteroatoms. The quantitative estimate of drug-likeness (QED) is 0.483. The van der Waals surface area contributed by atoms with Crippen molar-refractivity contribution in [3.8, 4) is 0 Å². The summed E-state index contributed by atoms with van der Waals surface area (Å²) in [5.41, 5.74) is 1.88. The molecule has 1 aliphatic heterocycles. The normalized spacial score (nSPS) is 32.1. The second-order valence-electron chi connectivity index (χ2n) is 8.84. The van der Waals surface area contributed by atoms with Crippen molar-refractivity contribution in [1.82, 2.24) is 5.43 Å². The van der Waals surface area contributed by atoms with Crippen molar-refractivity contribution in [1.29, 1.82) is 0 Å². The first-order chi connectivity index (χ1) is 15.2. The highest BCUT2D eigenvalue weighted by Crippen LogP contribution is 2.24. The van der Waals surface area contributed by atoms with E-state index < -0.39 is 23.6 Å². The van der Waals surface area contributed by atoms with Crippen molar-refractivity contribution in [3.05, 3.63) is 35.9 Å². The van der Waals surface area contributed by atoms with Crippen molar-refractivity contribution in [2.24, 2.45) is 16.9 Å². The van der Waals surface area contributed by atoms with Crippen LogP contribution < -0.4 is 5.43 Å². The lowest BCUT2D eigenvalue weighted by atomic mass is 9.84. The third-order valence-corrected chi connectivity index (χ3v) is 6.10. The number of esters is 1. The number of methoxy groups -OCH3 is 1. The molecule has 5 atom stereocenters. The molecule has 5 unspecified atom stereocenters. The van der Waals surface area contributed by atoms with Crippen molar-refractivity contribution < 1.29 is 29.3 Å². The number of nitrogens with one attached hydrogen (secondary N) is 1. The molecule has 0 aliphatic carbocycles. The van der Waals surface area contributed by atoms with Gasteiger partial charge in [0.2, 0.25) is 0 Å². The van der Waals surface area contributed by atoms with Gasteiger partial charge in [-0.2, -0.15) is 5.10 Å². The summed E-state index contributed by atoms with van der Waals surface area (Å²) in [6, 6.07) is 8.71. The first kappa shape index (κ1) is 26.0. The number of rotatable bonds is 3. The fourth-order valence-corrected chi connectivity index (χ4v) is 3.79. The second-order valence-corrected chi connectivity index (χ2v) is 8.84. The van der Waals surface area contributed by atoms with Crippen LogP contribution in [0.15, 0.2) is 35.4 Å². The van der Waals surface area contributed by atoms with E-state index in [0.29, 0.717) is 30.5 Å². The molecular formula is C24H36N2O6. The Labute approximate surface area is 190 Å². The zero-order valence-corrected chi connectivity index (χ0v) is 19.4. The first-order valence-electron chi connectivity index (χ1n) is 11.2. The molecule has 0 bridgehead atoms. The van der Waals surface area contributed by atoms with Crippen LogP contribution in [-0.2, 0) is 14.3 Å². The zero-order chi connectivity index (χ0) is 23.7. The van der Waals surface area contributed by atoms with Crippen LogP contribution in [0.3, 0.4) is 0 Å². The van der Waals surface area contributed by atoms with Crippen LogP contribution in [0.2, 0.25) is 0 Å². The fraction of sp³-hybridized carbons (Fsp3) is 0.625. The summed E-state index contributed by atoms with van der Waals surface area (Å²) in [6.45, 7) is 4.62. The molecule has 1 fully saturated rings. The smallest absolute Gasteiger partial charge is 0.308 e. The number of benzene rings is 1. The molecule has 0 spiro atoms. The van der Waals surface area contributed by atoms with Gasteiger partial charge >= 0.3 is 5.97 Å². The Kier molecular flexibility index (Phi) is 9.81. The number of cyclic esters (lactones) is 1. The molecule has 1 aliphatic rings. The molecule has 0 aromatic heterocycles. The average Bonchev–Trinajstić information content (AvgIpc) is 2.79. The molecule has 1 heterocycles. The molecule has 3 N–H and O–H groups in total. The van der Waals surface area contributed by atoms with Gasteiger partial charge < -0.3 is 19.7 Å². The molecule has 1 saturated heterocycles. The number of hydrogen-bond acceptors (Lipinski definition) is 7. The van der Waals surface area contributed by atoms with Gasteiger partial charge in [0.15, 0.2) is 0 Å². The molecule has 1 amide bonds. The largest absolute Gasteiger partial charge is 0.462 e. The van der Waals surface area contributed by atoms with Crippen molar-refractivity contribution >= 4 is 17.6 Å². The minimum atomic E-state index is -1.68.